The van der Waals surface area contributed by atoms with E-state index >= 15 is 0 Å². The predicted octanol–water partition coefficient (Wildman–Crippen LogP) is 2.12. The summed E-state index contributed by atoms with van der Waals surface area (Å²) in [5, 5.41) is 21.7. The molecule has 1 aromatic rings. The minimum absolute atomic E-state index is 0.0181. The molecule has 0 aromatic heterocycles. The van der Waals surface area contributed by atoms with Gasteiger partial charge < -0.3 is 15.5 Å². The Labute approximate surface area is 122 Å². The number of benzene rings is 1. The number of aliphatic hydroxyl groups excluding tert-OH is 1. The molecular weight excluding hydrogens is 285 g/mol. The molecule has 0 aliphatic rings. The van der Waals surface area contributed by atoms with Crippen molar-refractivity contribution in [2.45, 2.75) is 31.8 Å². The summed E-state index contributed by atoms with van der Waals surface area (Å²) < 4.78 is 13.2. The van der Waals surface area contributed by atoms with Crippen molar-refractivity contribution in [1.29, 1.82) is 0 Å². The molecule has 4 nitrogen and oxygen atoms in total. The van der Waals surface area contributed by atoms with Gasteiger partial charge in [-0.25, -0.2) is 4.39 Å². The third kappa shape index (κ3) is 5.07. The van der Waals surface area contributed by atoms with Gasteiger partial charge in [-0.2, -0.15) is 0 Å². The van der Waals surface area contributed by atoms with E-state index in [1.54, 1.807) is 6.92 Å². The van der Waals surface area contributed by atoms with Crippen molar-refractivity contribution in [2.24, 2.45) is 0 Å². The highest BCUT2D eigenvalue weighted by atomic mass is 35.5. The Morgan fingerprint density at radius 2 is 2.15 bits per heavy atom. The normalized spacial score (nSPS) is 13.8. The lowest BCUT2D eigenvalue weighted by molar-refractivity contribution is 0.0212. The van der Waals surface area contributed by atoms with E-state index in [2.05, 4.69) is 5.32 Å². The Bertz CT molecular complexity index is 449. The summed E-state index contributed by atoms with van der Waals surface area (Å²) in [6.45, 7) is 1.81. The molecular formula is C14H19ClFNO3. The molecule has 0 fully saturated rings. The number of carbonyl (C=O) groups is 1. The van der Waals surface area contributed by atoms with Crippen molar-refractivity contribution >= 4 is 17.5 Å². The second kappa shape index (κ2) is 7.57. The molecule has 1 aromatic carbocycles. The lowest BCUT2D eigenvalue weighted by Crippen LogP contribution is -2.42. The zero-order chi connectivity index (χ0) is 15.2. The summed E-state index contributed by atoms with van der Waals surface area (Å²) in [6, 6.07) is 3.56. The van der Waals surface area contributed by atoms with Crippen LogP contribution in [0.3, 0.4) is 0 Å². The first kappa shape index (κ1) is 16.9. The fourth-order valence-corrected chi connectivity index (χ4v) is 2.05. The van der Waals surface area contributed by atoms with Crippen molar-refractivity contribution in [3.63, 3.8) is 0 Å². The van der Waals surface area contributed by atoms with Crippen LogP contribution in [0.25, 0.3) is 0 Å². The van der Waals surface area contributed by atoms with E-state index < -0.39 is 17.3 Å². The van der Waals surface area contributed by atoms with E-state index in [1.807, 2.05) is 0 Å². The molecule has 112 valence electrons. The third-order valence-corrected chi connectivity index (χ3v) is 3.38. The molecule has 20 heavy (non-hydrogen) atoms. The zero-order valence-electron chi connectivity index (χ0n) is 11.3. The first-order valence-electron chi connectivity index (χ1n) is 6.48. The highest BCUT2D eigenvalue weighted by Gasteiger charge is 2.25. The van der Waals surface area contributed by atoms with Gasteiger partial charge >= 0.3 is 0 Å². The lowest BCUT2D eigenvalue weighted by atomic mass is 9.94. The van der Waals surface area contributed by atoms with Crippen LogP contribution in [0.15, 0.2) is 18.2 Å². The highest BCUT2D eigenvalue weighted by Crippen LogP contribution is 2.17. The van der Waals surface area contributed by atoms with Crippen molar-refractivity contribution < 1.29 is 19.4 Å². The van der Waals surface area contributed by atoms with E-state index in [-0.39, 0.29) is 23.7 Å². The van der Waals surface area contributed by atoms with E-state index in [1.165, 1.54) is 6.07 Å². The summed E-state index contributed by atoms with van der Waals surface area (Å²) in [4.78, 5) is 11.9. The van der Waals surface area contributed by atoms with Crippen LogP contribution in [0, 0.1) is 5.82 Å². The van der Waals surface area contributed by atoms with Crippen LogP contribution < -0.4 is 5.32 Å². The van der Waals surface area contributed by atoms with Crippen molar-refractivity contribution in [3.05, 3.63) is 34.6 Å². The second-order valence-corrected chi connectivity index (χ2v) is 5.18. The number of rotatable bonds is 7. The summed E-state index contributed by atoms with van der Waals surface area (Å²) in [5.74, 6) is -1.09. The third-order valence-electron chi connectivity index (χ3n) is 3.16. The smallest absolute Gasteiger partial charge is 0.251 e. The van der Waals surface area contributed by atoms with Crippen LogP contribution in [0.1, 0.15) is 36.5 Å². The first-order valence-corrected chi connectivity index (χ1v) is 6.85. The van der Waals surface area contributed by atoms with Crippen LogP contribution in [0.5, 0.6) is 0 Å². The number of carbonyl (C=O) groups excluding carboxylic acids is 1. The van der Waals surface area contributed by atoms with Gasteiger partial charge in [0.25, 0.3) is 5.91 Å². The van der Waals surface area contributed by atoms with Crippen molar-refractivity contribution in [3.8, 4) is 0 Å². The summed E-state index contributed by atoms with van der Waals surface area (Å²) in [7, 11) is 0. The molecule has 0 bridgehead atoms. The lowest BCUT2D eigenvalue weighted by Gasteiger charge is -2.26. The molecule has 1 amide bonds. The van der Waals surface area contributed by atoms with E-state index in [9.17, 15) is 14.3 Å². The topological polar surface area (TPSA) is 69.6 Å². The number of hydrogen-bond donors (Lipinski definition) is 3. The van der Waals surface area contributed by atoms with Gasteiger partial charge in [-0.3, -0.25) is 4.79 Å². The summed E-state index contributed by atoms with van der Waals surface area (Å²) >= 11 is 5.68. The Hall–Kier alpha value is -1.17. The molecule has 0 aliphatic heterocycles. The van der Waals surface area contributed by atoms with Crippen LogP contribution >= 0.6 is 11.6 Å². The van der Waals surface area contributed by atoms with E-state index in [4.69, 9.17) is 16.7 Å². The Balaban J connectivity index is 2.65. The Kier molecular flexibility index (Phi) is 6.39. The minimum Gasteiger partial charge on any atom is -0.396 e. The SMILES string of the molecule is CC[C@](O)(CCCO)CNC(=O)c1cc(F)cc(Cl)c1. The van der Waals surface area contributed by atoms with Crippen LogP contribution in [0.4, 0.5) is 4.39 Å². The highest BCUT2D eigenvalue weighted by molar-refractivity contribution is 6.31. The van der Waals surface area contributed by atoms with Gasteiger partial charge in [0, 0.05) is 23.7 Å². The van der Waals surface area contributed by atoms with Crippen LogP contribution in [0.2, 0.25) is 5.02 Å². The van der Waals surface area contributed by atoms with Gasteiger partial charge in [0.05, 0.1) is 5.60 Å². The summed E-state index contributed by atoms with van der Waals surface area (Å²) in [5.41, 5.74) is -0.967. The molecule has 6 heteroatoms. The molecule has 0 saturated carbocycles. The van der Waals surface area contributed by atoms with Gasteiger partial charge in [0.2, 0.25) is 0 Å². The fraction of sp³-hybridized carbons (Fsp3) is 0.500. The maximum absolute atomic E-state index is 13.2. The number of aliphatic hydroxyl groups is 2. The number of hydrogen-bond acceptors (Lipinski definition) is 3. The molecule has 0 unspecified atom stereocenters. The quantitative estimate of drug-likeness (QED) is 0.722. The molecule has 3 N–H and O–H groups in total. The van der Waals surface area contributed by atoms with E-state index in [0.29, 0.717) is 19.3 Å². The fourth-order valence-electron chi connectivity index (χ4n) is 1.83. The van der Waals surface area contributed by atoms with Crippen molar-refractivity contribution in [2.75, 3.05) is 13.2 Å². The maximum Gasteiger partial charge on any atom is 0.251 e. The van der Waals surface area contributed by atoms with Gasteiger partial charge in [-0.1, -0.05) is 18.5 Å². The number of nitrogens with one attached hydrogen (secondary N) is 1. The van der Waals surface area contributed by atoms with Crippen LogP contribution in [-0.4, -0.2) is 34.9 Å². The van der Waals surface area contributed by atoms with Gasteiger partial charge in [-0.05, 0) is 37.5 Å². The Morgan fingerprint density at radius 3 is 2.70 bits per heavy atom. The maximum atomic E-state index is 13.2. The molecule has 0 aliphatic carbocycles. The van der Waals surface area contributed by atoms with Gasteiger partial charge in [-0.15, -0.1) is 0 Å². The monoisotopic (exact) mass is 303 g/mol. The number of amides is 1. The molecule has 0 saturated heterocycles. The molecule has 0 heterocycles. The van der Waals surface area contributed by atoms with Crippen molar-refractivity contribution in [1.82, 2.24) is 5.32 Å². The largest absolute Gasteiger partial charge is 0.396 e. The van der Waals surface area contributed by atoms with Crippen LogP contribution in [-0.2, 0) is 0 Å². The summed E-state index contributed by atoms with van der Waals surface area (Å²) in [6.07, 6.45) is 1.27. The minimum atomic E-state index is -1.07. The second-order valence-electron chi connectivity index (χ2n) is 4.75. The Morgan fingerprint density at radius 1 is 1.45 bits per heavy atom. The molecule has 1 rings (SSSR count). The molecule has 1 atom stereocenters. The zero-order valence-corrected chi connectivity index (χ0v) is 12.1. The first-order chi connectivity index (χ1) is 9.40. The predicted molar refractivity (Wildman–Crippen MR) is 75.3 cm³/mol. The van der Waals surface area contributed by atoms with Gasteiger partial charge in [0.15, 0.2) is 0 Å². The number of halogens is 2. The molecule has 0 spiro atoms. The van der Waals surface area contributed by atoms with Gasteiger partial charge in [0.1, 0.15) is 5.82 Å². The van der Waals surface area contributed by atoms with E-state index in [0.717, 1.165) is 12.1 Å². The standard InChI is InChI=1S/C14H19ClFNO3/c1-2-14(20,4-3-5-18)9-17-13(19)10-6-11(15)8-12(16)7-10/h6-8,18,20H,2-5,9H2,1H3,(H,17,19)/t14-/m0/s1. The molecule has 0 radical (unpaired) electrons. The average Bonchev–Trinajstić information content (AvgIpc) is 2.41. The average molecular weight is 304 g/mol.